The molecular formula is C15H23NO. The van der Waals surface area contributed by atoms with Crippen molar-refractivity contribution in [1.29, 1.82) is 0 Å². The number of ether oxygens (including phenoxy) is 1. The molecule has 1 aromatic rings. The molecule has 94 valence electrons. The van der Waals surface area contributed by atoms with Crippen LogP contribution >= 0.6 is 0 Å². The lowest BCUT2D eigenvalue weighted by atomic mass is 9.83. The van der Waals surface area contributed by atoms with Crippen molar-refractivity contribution in [2.75, 3.05) is 6.61 Å². The number of rotatable bonds is 5. The lowest BCUT2D eigenvalue weighted by Gasteiger charge is -2.28. The Hall–Kier alpha value is -0.860. The van der Waals surface area contributed by atoms with Crippen LogP contribution in [0.2, 0.25) is 0 Å². The minimum Gasteiger partial charge on any atom is -0.377 e. The molecule has 0 saturated heterocycles. The summed E-state index contributed by atoms with van der Waals surface area (Å²) in [5.41, 5.74) is 7.37. The molecule has 2 rings (SSSR count). The summed E-state index contributed by atoms with van der Waals surface area (Å²) in [7, 11) is 0. The van der Waals surface area contributed by atoms with Gasteiger partial charge in [-0.15, -0.1) is 0 Å². The molecule has 1 aliphatic carbocycles. The van der Waals surface area contributed by atoms with Crippen LogP contribution in [0, 0.1) is 5.92 Å². The van der Waals surface area contributed by atoms with Crippen LogP contribution in [-0.4, -0.2) is 12.6 Å². The minimum absolute atomic E-state index is 0.407. The van der Waals surface area contributed by atoms with Crippen LogP contribution in [0.1, 0.15) is 37.7 Å². The van der Waals surface area contributed by atoms with Crippen LogP contribution in [0.4, 0.5) is 0 Å². The Bertz CT molecular complexity index is 312. The van der Waals surface area contributed by atoms with E-state index in [-0.39, 0.29) is 0 Å². The van der Waals surface area contributed by atoms with E-state index >= 15 is 0 Å². The van der Waals surface area contributed by atoms with Gasteiger partial charge in [-0.1, -0.05) is 43.2 Å². The molecule has 0 amide bonds. The zero-order valence-corrected chi connectivity index (χ0v) is 10.5. The minimum atomic E-state index is 0.407. The monoisotopic (exact) mass is 233 g/mol. The molecule has 0 aromatic heterocycles. The Morgan fingerprint density at radius 1 is 1.12 bits per heavy atom. The predicted octanol–water partition coefficient (Wildman–Crippen LogP) is 3.11. The highest BCUT2D eigenvalue weighted by Gasteiger charge is 2.20. The smallest absolute Gasteiger partial charge is 0.0716 e. The second-order valence-corrected chi connectivity index (χ2v) is 5.04. The predicted molar refractivity (Wildman–Crippen MR) is 70.6 cm³/mol. The van der Waals surface area contributed by atoms with E-state index in [9.17, 15) is 0 Å². The van der Waals surface area contributed by atoms with Crippen LogP contribution < -0.4 is 5.73 Å². The van der Waals surface area contributed by atoms with Crippen molar-refractivity contribution >= 4 is 0 Å². The van der Waals surface area contributed by atoms with Gasteiger partial charge in [-0.3, -0.25) is 0 Å². The summed E-state index contributed by atoms with van der Waals surface area (Å²) in [5, 5.41) is 0. The first-order valence-electron chi connectivity index (χ1n) is 6.73. The highest BCUT2D eigenvalue weighted by Crippen LogP contribution is 2.25. The van der Waals surface area contributed by atoms with E-state index < -0.39 is 0 Å². The highest BCUT2D eigenvalue weighted by atomic mass is 16.5. The molecule has 2 atom stereocenters. The zero-order chi connectivity index (χ0) is 11.9. The first-order chi connectivity index (χ1) is 8.36. The Morgan fingerprint density at radius 3 is 2.65 bits per heavy atom. The second kappa shape index (κ2) is 6.77. The second-order valence-electron chi connectivity index (χ2n) is 5.04. The van der Waals surface area contributed by atoms with Gasteiger partial charge < -0.3 is 10.5 Å². The number of benzene rings is 1. The summed E-state index contributed by atoms with van der Waals surface area (Å²) in [6, 6.07) is 10.7. The van der Waals surface area contributed by atoms with E-state index in [1.807, 2.05) is 6.07 Å². The third kappa shape index (κ3) is 4.14. The lowest BCUT2D eigenvalue weighted by Crippen LogP contribution is -2.33. The van der Waals surface area contributed by atoms with Gasteiger partial charge in [-0.25, -0.2) is 0 Å². The molecule has 0 aliphatic heterocycles. The molecule has 17 heavy (non-hydrogen) atoms. The molecule has 2 nitrogen and oxygen atoms in total. The van der Waals surface area contributed by atoms with Crippen LogP contribution in [0.25, 0.3) is 0 Å². The molecule has 1 fully saturated rings. The zero-order valence-electron chi connectivity index (χ0n) is 10.5. The lowest BCUT2D eigenvalue weighted by molar-refractivity contribution is 0.0978. The van der Waals surface area contributed by atoms with E-state index in [1.165, 1.54) is 31.2 Å². The maximum atomic E-state index is 6.12. The summed E-state index contributed by atoms with van der Waals surface area (Å²) in [6.07, 6.45) is 6.26. The van der Waals surface area contributed by atoms with Crippen LogP contribution in [-0.2, 0) is 11.3 Å². The largest absolute Gasteiger partial charge is 0.377 e. The summed E-state index contributed by atoms with van der Waals surface area (Å²) >= 11 is 0. The number of hydrogen-bond acceptors (Lipinski definition) is 2. The summed E-state index contributed by atoms with van der Waals surface area (Å²) in [5.74, 6) is 0.680. The standard InChI is InChI=1S/C15H23NO/c16-15-9-5-4-8-14(15)10-11-17-12-13-6-2-1-3-7-13/h1-3,6-7,14-15H,4-5,8-12,16H2. The average molecular weight is 233 g/mol. The van der Waals surface area contributed by atoms with Gasteiger partial charge in [0.05, 0.1) is 6.61 Å². The van der Waals surface area contributed by atoms with Gasteiger partial charge in [0.15, 0.2) is 0 Å². The fourth-order valence-electron chi connectivity index (χ4n) is 2.59. The van der Waals surface area contributed by atoms with E-state index in [2.05, 4.69) is 24.3 Å². The first kappa shape index (κ1) is 12.6. The van der Waals surface area contributed by atoms with Gasteiger partial charge in [0, 0.05) is 12.6 Å². The van der Waals surface area contributed by atoms with Crippen molar-refractivity contribution in [2.45, 2.75) is 44.8 Å². The van der Waals surface area contributed by atoms with E-state index in [4.69, 9.17) is 10.5 Å². The van der Waals surface area contributed by atoms with E-state index in [0.717, 1.165) is 19.6 Å². The number of hydrogen-bond donors (Lipinski definition) is 1. The topological polar surface area (TPSA) is 35.2 Å². The van der Waals surface area contributed by atoms with Gasteiger partial charge in [0.2, 0.25) is 0 Å². The molecule has 0 radical (unpaired) electrons. The summed E-state index contributed by atoms with van der Waals surface area (Å²) in [6.45, 7) is 1.57. The Morgan fingerprint density at radius 2 is 1.88 bits per heavy atom. The van der Waals surface area contributed by atoms with E-state index in [1.54, 1.807) is 0 Å². The average Bonchev–Trinajstić information content (AvgIpc) is 2.38. The molecule has 1 aliphatic rings. The van der Waals surface area contributed by atoms with Crippen LogP contribution in [0.5, 0.6) is 0 Å². The molecular weight excluding hydrogens is 210 g/mol. The Balaban J connectivity index is 1.63. The van der Waals surface area contributed by atoms with Crippen LogP contribution in [0.15, 0.2) is 30.3 Å². The fraction of sp³-hybridized carbons (Fsp3) is 0.600. The maximum Gasteiger partial charge on any atom is 0.0716 e. The van der Waals surface area contributed by atoms with Crippen LogP contribution in [0.3, 0.4) is 0 Å². The van der Waals surface area contributed by atoms with E-state index in [0.29, 0.717) is 12.0 Å². The third-order valence-corrected chi connectivity index (χ3v) is 3.71. The molecule has 1 saturated carbocycles. The van der Waals surface area contributed by atoms with Gasteiger partial charge in [0.25, 0.3) is 0 Å². The Kier molecular flexibility index (Phi) is 5.02. The van der Waals surface area contributed by atoms with Gasteiger partial charge in [0.1, 0.15) is 0 Å². The first-order valence-corrected chi connectivity index (χ1v) is 6.73. The molecule has 2 unspecified atom stereocenters. The van der Waals surface area contributed by atoms with Gasteiger partial charge >= 0.3 is 0 Å². The van der Waals surface area contributed by atoms with Gasteiger partial charge in [-0.05, 0) is 30.7 Å². The van der Waals surface area contributed by atoms with Gasteiger partial charge in [-0.2, -0.15) is 0 Å². The molecule has 0 spiro atoms. The van der Waals surface area contributed by atoms with Crippen molar-refractivity contribution in [3.8, 4) is 0 Å². The molecule has 0 heterocycles. The maximum absolute atomic E-state index is 6.12. The Labute approximate surface area is 104 Å². The number of nitrogens with two attached hydrogens (primary N) is 1. The van der Waals surface area contributed by atoms with Crippen molar-refractivity contribution in [3.63, 3.8) is 0 Å². The quantitative estimate of drug-likeness (QED) is 0.793. The third-order valence-electron chi connectivity index (χ3n) is 3.71. The van der Waals surface area contributed by atoms with Crippen molar-refractivity contribution in [3.05, 3.63) is 35.9 Å². The summed E-state index contributed by atoms with van der Waals surface area (Å²) in [4.78, 5) is 0. The summed E-state index contributed by atoms with van der Waals surface area (Å²) < 4.78 is 5.72. The normalized spacial score (nSPS) is 24.8. The highest BCUT2D eigenvalue weighted by molar-refractivity contribution is 5.13. The molecule has 1 aromatic carbocycles. The van der Waals surface area contributed by atoms with Crippen molar-refractivity contribution < 1.29 is 4.74 Å². The van der Waals surface area contributed by atoms with Crippen molar-refractivity contribution in [2.24, 2.45) is 11.7 Å². The van der Waals surface area contributed by atoms with Crippen molar-refractivity contribution in [1.82, 2.24) is 0 Å². The molecule has 0 bridgehead atoms. The SMILES string of the molecule is NC1CCCCC1CCOCc1ccccc1. The molecule has 2 heteroatoms. The molecule has 2 N–H and O–H groups in total. The fourth-order valence-corrected chi connectivity index (χ4v) is 2.59.